The van der Waals surface area contributed by atoms with Crippen LogP contribution < -0.4 is 74.1 Å². The summed E-state index contributed by atoms with van der Waals surface area (Å²) in [4.78, 5) is 83.3. The quantitative estimate of drug-likeness (QED) is 0.0427. The Hall–Kier alpha value is -9.33. The zero-order valence-corrected chi connectivity index (χ0v) is 51.3. The van der Waals surface area contributed by atoms with Gasteiger partial charge in [0.25, 0.3) is 11.8 Å². The normalized spacial score (nSPS) is 20.7. The number of likely N-dealkylation sites (N-methyl/N-ethyl adjacent to an activating group) is 2. The predicted octanol–water partition coefficient (Wildman–Crippen LogP) is 9.36. The van der Waals surface area contributed by atoms with E-state index in [0.29, 0.717) is 70.2 Å². The summed E-state index contributed by atoms with van der Waals surface area (Å²) in [6, 6.07) is 21.5. The molecule has 0 bridgehead atoms. The SMILES string of the molecule is C.CC(=O)c1cnc(N[C@@H]2CCCC[C@@H]2N)nc1Nc1ccc2c(c1)N(C)C(=O)C(C)(C)O2.CC(=O)c1cnc(N[C@@H]2CCCC[C@@H]2N)nc1Nc1ccc2c(c1)N(C)CCO2.NC(=O)c1cnc(N[C@@H]2CCCC[C@@H]2N)nc1Nc1ccc2ncccc2c1. The lowest BCUT2D eigenvalue weighted by molar-refractivity contribution is -0.132. The number of hydrogen-bond donors (Lipinski definition) is 10. The van der Waals surface area contributed by atoms with Crippen LogP contribution in [0, 0.1) is 0 Å². The molecule has 2 amide bonds. The Balaban J connectivity index is 0.000000160. The van der Waals surface area contributed by atoms with Crippen molar-refractivity contribution in [1.82, 2.24) is 34.9 Å². The van der Waals surface area contributed by atoms with E-state index in [1.807, 2.05) is 61.6 Å². The third-order valence-corrected chi connectivity index (χ3v) is 16.7. The van der Waals surface area contributed by atoms with Crippen LogP contribution in [0.4, 0.5) is 63.7 Å². The van der Waals surface area contributed by atoms with E-state index in [9.17, 15) is 19.2 Å². The first-order valence-electron chi connectivity index (χ1n) is 30.5. The van der Waals surface area contributed by atoms with Gasteiger partial charge in [-0.05, 0) is 127 Å². The van der Waals surface area contributed by atoms with Crippen molar-refractivity contribution in [3.8, 4) is 11.5 Å². The smallest absolute Gasteiger partial charge is 0.270 e. The van der Waals surface area contributed by atoms with Gasteiger partial charge in [0, 0.05) is 97.6 Å². The lowest BCUT2D eigenvalue weighted by Crippen LogP contribution is -2.50. The van der Waals surface area contributed by atoms with Crippen molar-refractivity contribution in [3.05, 3.63) is 108 Å². The van der Waals surface area contributed by atoms with E-state index >= 15 is 0 Å². The summed E-state index contributed by atoms with van der Waals surface area (Å²) in [5, 5.41) is 20.6. The molecule has 2 aliphatic heterocycles. The molecule has 6 heterocycles. The molecule has 6 atom stereocenters. The Labute approximate surface area is 525 Å². The Morgan fingerprint density at radius 2 is 1.02 bits per heavy atom. The molecule has 25 heteroatoms. The lowest BCUT2D eigenvalue weighted by atomic mass is 9.91. The lowest BCUT2D eigenvalue weighted by Gasteiger charge is -2.37. The highest BCUT2D eigenvalue weighted by Crippen LogP contribution is 2.40. The summed E-state index contributed by atoms with van der Waals surface area (Å²) in [7, 11) is 3.75. The van der Waals surface area contributed by atoms with Gasteiger partial charge in [-0.25, -0.2) is 15.0 Å². The maximum atomic E-state index is 12.6. The summed E-state index contributed by atoms with van der Waals surface area (Å²) < 4.78 is 11.6. The minimum atomic E-state index is -0.925. The number of benzene rings is 3. The Bertz CT molecular complexity index is 3720. The number of primary amides is 1. The first kappa shape index (κ1) is 65.1. The van der Waals surface area contributed by atoms with Crippen LogP contribution in [0.2, 0.25) is 0 Å². The van der Waals surface area contributed by atoms with Crippen LogP contribution in [0.15, 0.2) is 91.5 Å². The summed E-state index contributed by atoms with van der Waals surface area (Å²) in [5.74, 6) is 3.08. The van der Waals surface area contributed by atoms with Gasteiger partial charge in [0.1, 0.15) is 41.1 Å². The van der Waals surface area contributed by atoms with E-state index in [-0.39, 0.29) is 66.7 Å². The molecule has 0 unspecified atom stereocenters. The number of anilines is 11. The van der Waals surface area contributed by atoms with Crippen LogP contribution in [-0.4, -0.2) is 127 Å². The molecule has 4 aromatic heterocycles. The number of ether oxygens (including phenoxy) is 2. The molecule has 12 rings (SSSR count). The number of fused-ring (bicyclic) bond motifs is 3. The van der Waals surface area contributed by atoms with Gasteiger partial charge in [-0.2, -0.15) is 15.0 Å². The molecular weight excluding hydrogens is 1140 g/mol. The fourth-order valence-corrected chi connectivity index (χ4v) is 11.6. The maximum Gasteiger partial charge on any atom is 0.270 e. The van der Waals surface area contributed by atoms with Crippen LogP contribution >= 0.6 is 0 Å². The summed E-state index contributed by atoms with van der Waals surface area (Å²) in [6.07, 6.45) is 19.0. The molecule has 3 aromatic carbocycles. The number of Topliss-reactive ketones (excluding diaryl/α,β-unsaturated/α-hetero) is 2. The molecule has 7 aromatic rings. The van der Waals surface area contributed by atoms with E-state index in [2.05, 4.69) is 71.7 Å². The van der Waals surface area contributed by atoms with Crippen molar-refractivity contribution in [2.24, 2.45) is 22.9 Å². The number of carbonyl (C=O) groups excluding carboxylic acids is 4. The highest BCUT2D eigenvalue weighted by molar-refractivity contribution is 6.03. The van der Waals surface area contributed by atoms with Crippen LogP contribution in [0.25, 0.3) is 10.9 Å². The molecule has 476 valence electrons. The Kier molecular flexibility index (Phi) is 20.9. The topological polar surface area (TPSA) is 360 Å². The molecule has 5 aliphatic rings. The van der Waals surface area contributed by atoms with Gasteiger partial charge in [0.15, 0.2) is 17.2 Å². The zero-order chi connectivity index (χ0) is 62.9. The second-order valence-corrected chi connectivity index (χ2v) is 23.8. The monoisotopic (exact) mass is 1230 g/mol. The number of hydrogen-bond acceptors (Lipinski definition) is 23. The van der Waals surface area contributed by atoms with E-state index in [4.69, 9.17) is 32.4 Å². The number of amides is 2. The Morgan fingerprint density at radius 1 is 0.578 bits per heavy atom. The van der Waals surface area contributed by atoms with Crippen LogP contribution in [0.3, 0.4) is 0 Å². The van der Waals surface area contributed by atoms with Gasteiger partial charge in [0.05, 0.1) is 34.6 Å². The van der Waals surface area contributed by atoms with Crippen molar-refractivity contribution in [3.63, 3.8) is 0 Å². The van der Waals surface area contributed by atoms with E-state index in [1.54, 1.807) is 50.3 Å². The molecule has 0 saturated heterocycles. The third-order valence-electron chi connectivity index (χ3n) is 16.7. The number of pyridine rings is 1. The van der Waals surface area contributed by atoms with Gasteiger partial charge >= 0.3 is 0 Å². The van der Waals surface area contributed by atoms with Crippen LogP contribution in [-0.2, 0) is 4.79 Å². The minimum absolute atomic E-state index is 0. The molecule has 0 radical (unpaired) electrons. The van der Waals surface area contributed by atoms with Crippen LogP contribution in [0.1, 0.15) is 143 Å². The highest BCUT2D eigenvalue weighted by atomic mass is 16.5. The van der Waals surface area contributed by atoms with E-state index < -0.39 is 11.5 Å². The number of nitrogens with two attached hydrogens (primary N) is 4. The number of nitrogens with one attached hydrogen (secondary N) is 6. The van der Waals surface area contributed by atoms with Gasteiger partial charge in [-0.15, -0.1) is 0 Å². The minimum Gasteiger partial charge on any atom is -0.490 e. The van der Waals surface area contributed by atoms with Gasteiger partial charge < -0.3 is 74.1 Å². The average Bonchev–Trinajstić information content (AvgIpc) is 0.801. The molecule has 14 N–H and O–H groups in total. The first-order chi connectivity index (χ1) is 42.8. The molecule has 3 saturated carbocycles. The maximum absolute atomic E-state index is 12.6. The van der Waals surface area contributed by atoms with Crippen molar-refractivity contribution in [2.75, 3.05) is 68.9 Å². The predicted molar refractivity (Wildman–Crippen MR) is 354 cm³/mol. The first-order valence-corrected chi connectivity index (χ1v) is 30.5. The number of aromatic nitrogens is 7. The third kappa shape index (κ3) is 15.7. The van der Waals surface area contributed by atoms with E-state index in [0.717, 1.165) is 117 Å². The number of rotatable bonds is 15. The number of nitrogens with zero attached hydrogens (tertiary/aromatic N) is 9. The molecule has 0 spiro atoms. The molecular formula is C65H85N19O6. The summed E-state index contributed by atoms with van der Waals surface area (Å²) in [5.41, 5.74) is 29.2. The van der Waals surface area contributed by atoms with Crippen molar-refractivity contribution in [1.29, 1.82) is 0 Å². The zero-order valence-electron chi connectivity index (χ0n) is 51.3. The molecule has 25 nitrogen and oxygen atoms in total. The molecule has 3 aliphatic carbocycles. The highest BCUT2D eigenvalue weighted by Gasteiger charge is 2.39. The largest absolute Gasteiger partial charge is 0.490 e. The summed E-state index contributed by atoms with van der Waals surface area (Å²) in [6.45, 7) is 7.99. The van der Waals surface area contributed by atoms with Crippen molar-refractivity contribution < 1.29 is 28.7 Å². The fraction of sp³-hybridized carbons (Fsp3) is 0.431. The van der Waals surface area contributed by atoms with Gasteiger partial charge in [-0.1, -0.05) is 52.0 Å². The second-order valence-electron chi connectivity index (χ2n) is 23.8. The molecule has 3 fully saturated rings. The van der Waals surface area contributed by atoms with Crippen molar-refractivity contribution in [2.45, 2.75) is 154 Å². The second kappa shape index (κ2) is 28.9. The molecule has 90 heavy (non-hydrogen) atoms. The summed E-state index contributed by atoms with van der Waals surface area (Å²) >= 11 is 0. The van der Waals surface area contributed by atoms with E-state index in [1.165, 1.54) is 26.2 Å². The van der Waals surface area contributed by atoms with Gasteiger partial charge in [0.2, 0.25) is 17.8 Å². The average molecular weight is 1230 g/mol. The number of carbonyl (C=O) groups is 4. The fourth-order valence-electron chi connectivity index (χ4n) is 11.6. The number of ketones is 2. The van der Waals surface area contributed by atoms with Crippen LogP contribution in [0.5, 0.6) is 11.5 Å². The van der Waals surface area contributed by atoms with Gasteiger partial charge in [-0.3, -0.25) is 24.2 Å². The Morgan fingerprint density at radius 3 is 1.51 bits per heavy atom. The standard InChI is InChI=1S/C23H30N6O3.C21H28N6O2.C20H23N7O.CH4/c1-13(30)15-12-25-22(27-17-8-6-5-7-16(17)24)28-20(15)26-14-9-10-19-18(11-14)29(4)21(31)23(2,3)32-19;1-13(28)15-12-23-21(25-17-6-4-3-5-16(17)22)26-20(15)24-14-7-8-19-18(11-14)27(2)9-10-29-19;21-15-5-1-2-6-17(15)26-20-24-11-14(18(22)28)19(27-20)25-13-7-8-16-12(10-13)4-3-9-23-16;/h9-12,16-17H,5-8,24H2,1-4H3,(H2,25,26,27,28);7-8,11-12,16-17H,3-6,9-10,22H2,1-2H3,(H2,23,24,25,26);3-4,7-11,15,17H,1-2,5-6,21H2,(H2,22,28)(H2,24,25,26,27);1H4/t2*16-,17+;15-,17+;/m000./s1. The van der Waals surface area contributed by atoms with Crippen molar-refractivity contribution >= 4 is 98.0 Å².